The van der Waals surface area contributed by atoms with E-state index in [-0.39, 0.29) is 23.9 Å². The summed E-state index contributed by atoms with van der Waals surface area (Å²) in [7, 11) is 2.14. The Kier molecular flexibility index (Phi) is 4.58. The van der Waals surface area contributed by atoms with Crippen LogP contribution < -0.4 is 5.32 Å². The monoisotopic (exact) mass is 267 g/mol. The Morgan fingerprint density at radius 3 is 2.68 bits per heavy atom. The van der Waals surface area contributed by atoms with Crippen LogP contribution in [0.5, 0.6) is 0 Å². The molecule has 2 fully saturated rings. The van der Waals surface area contributed by atoms with Gasteiger partial charge in [-0.1, -0.05) is 0 Å². The zero-order valence-electron chi connectivity index (χ0n) is 12.2. The van der Waals surface area contributed by atoms with Crippen molar-refractivity contribution >= 4 is 11.8 Å². The first-order valence-electron chi connectivity index (χ1n) is 7.27. The molecule has 5 heteroatoms. The largest absolute Gasteiger partial charge is 0.306 e. The molecule has 108 valence electrons. The summed E-state index contributed by atoms with van der Waals surface area (Å²) >= 11 is 0. The number of carbonyl (C=O) groups is 2. The van der Waals surface area contributed by atoms with Crippen LogP contribution in [0.25, 0.3) is 0 Å². The Hall–Kier alpha value is -0.940. The van der Waals surface area contributed by atoms with Crippen LogP contribution in [0, 0.1) is 5.92 Å². The molecule has 2 saturated heterocycles. The lowest BCUT2D eigenvalue weighted by Gasteiger charge is -2.30. The highest BCUT2D eigenvalue weighted by Gasteiger charge is 2.39. The summed E-state index contributed by atoms with van der Waals surface area (Å²) in [6.07, 6.45) is 2.75. The number of carbonyl (C=O) groups excluding carboxylic acids is 2. The van der Waals surface area contributed by atoms with Crippen LogP contribution in [-0.2, 0) is 9.59 Å². The minimum atomic E-state index is -0.304. The molecule has 19 heavy (non-hydrogen) atoms. The van der Waals surface area contributed by atoms with E-state index in [1.807, 2.05) is 13.8 Å². The molecule has 1 N–H and O–H groups in total. The van der Waals surface area contributed by atoms with Gasteiger partial charge in [-0.25, -0.2) is 0 Å². The molecule has 2 amide bonds. The highest BCUT2D eigenvalue weighted by Crippen LogP contribution is 2.18. The molecule has 2 aliphatic rings. The maximum Gasteiger partial charge on any atom is 0.247 e. The van der Waals surface area contributed by atoms with Gasteiger partial charge >= 0.3 is 0 Å². The molecule has 0 aromatic rings. The van der Waals surface area contributed by atoms with Crippen molar-refractivity contribution in [1.29, 1.82) is 0 Å². The van der Waals surface area contributed by atoms with Crippen molar-refractivity contribution in [2.24, 2.45) is 5.92 Å². The predicted octanol–water partition coefficient (Wildman–Crippen LogP) is 0.454. The van der Waals surface area contributed by atoms with E-state index in [0.29, 0.717) is 12.3 Å². The van der Waals surface area contributed by atoms with Gasteiger partial charge in [0.25, 0.3) is 0 Å². The smallest absolute Gasteiger partial charge is 0.247 e. The standard InChI is InChI=1S/C14H25N3O2/c1-10(2)17-13(18)7-12(14(17)19)15-8-11-5-4-6-16(3)9-11/h10-12,15H,4-9H2,1-3H3. The fraction of sp³-hybridized carbons (Fsp3) is 0.857. The molecular formula is C14H25N3O2. The van der Waals surface area contributed by atoms with Gasteiger partial charge in [0.2, 0.25) is 11.8 Å². The second-order valence-electron chi connectivity index (χ2n) is 6.13. The predicted molar refractivity (Wildman–Crippen MR) is 73.6 cm³/mol. The van der Waals surface area contributed by atoms with E-state index < -0.39 is 0 Å². The summed E-state index contributed by atoms with van der Waals surface area (Å²) in [4.78, 5) is 27.6. The third-order valence-corrected chi connectivity index (χ3v) is 4.07. The Morgan fingerprint density at radius 1 is 1.37 bits per heavy atom. The van der Waals surface area contributed by atoms with E-state index in [2.05, 4.69) is 17.3 Å². The number of hydrogen-bond acceptors (Lipinski definition) is 4. The molecule has 5 nitrogen and oxygen atoms in total. The maximum absolute atomic E-state index is 12.1. The Labute approximate surface area is 115 Å². The maximum atomic E-state index is 12.1. The van der Waals surface area contributed by atoms with Gasteiger partial charge < -0.3 is 10.2 Å². The molecule has 2 rings (SSSR count). The Balaban J connectivity index is 1.83. The summed E-state index contributed by atoms with van der Waals surface area (Å²) < 4.78 is 0. The summed E-state index contributed by atoms with van der Waals surface area (Å²) in [6.45, 7) is 6.84. The molecule has 0 aromatic heterocycles. The number of likely N-dealkylation sites (tertiary alicyclic amines) is 2. The summed E-state index contributed by atoms with van der Waals surface area (Å²) in [5, 5.41) is 3.30. The normalized spacial score (nSPS) is 29.6. The summed E-state index contributed by atoms with van der Waals surface area (Å²) in [6, 6.07) is -0.338. The molecule has 0 aromatic carbocycles. The van der Waals surface area contributed by atoms with Crippen molar-refractivity contribution in [3.8, 4) is 0 Å². The molecule has 2 atom stereocenters. The number of piperidine rings is 1. The van der Waals surface area contributed by atoms with Gasteiger partial charge in [0.1, 0.15) is 0 Å². The molecule has 2 aliphatic heterocycles. The van der Waals surface area contributed by atoms with Crippen molar-refractivity contribution in [1.82, 2.24) is 15.1 Å². The lowest BCUT2D eigenvalue weighted by atomic mass is 9.98. The molecule has 0 saturated carbocycles. The van der Waals surface area contributed by atoms with Crippen LogP contribution in [0.4, 0.5) is 0 Å². The number of hydrogen-bond donors (Lipinski definition) is 1. The van der Waals surface area contributed by atoms with Crippen LogP contribution in [-0.4, -0.2) is 60.4 Å². The van der Waals surface area contributed by atoms with Gasteiger partial charge in [0.05, 0.1) is 12.5 Å². The zero-order valence-corrected chi connectivity index (χ0v) is 12.2. The quantitative estimate of drug-likeness (QED) is 0.752. The van der Waals surface area contributed by atoms with E-state index in [4.69, 9.17) is 0 Å². The van der Waals surface area contributed by atoms with E-state index >= 15 is 0 Å². The van der Waals surface area contributed by atoms with Crippen molar-refractivity contribution in [3.63, 3.8) is 0 Å². The van der Waals surface area contributed by atoms with Crippen LogP contribution in [0.2, 0.25) is 0 Å². The van der Waals surface area contributed by atoms with Crippen LogP contribution in [0.15, 0.2) is 0 Å². The fourth-order valence-electron chi connectivity index (χ4n) is 3.10. The molecule has 2 unspecified atom stereocenters. The van der Waals surface area contributed by atoms with Crippen molar-refractivity contribution < 1.29 is 9.59 Å². The number of imide groups is 1. The highest BCUT2D eigenvalue weighted by atomic mass is 16.2. The Bertz CT molecular complexity index is 357. The summed E-state index contributed by atoms with van der Waals surface area (Å²) in [5.74, 6) is 0.497. The van der Waals surface area contributed by atoms with E-state index in [0.717, 1.165) is 13.1 Å². The van der Waals surface area contributed by atoms with Gasteiger partial charge in [-0.05, 0) is 52.7 Å². The van der Waals surface area contributed by atoms with Gasteiger partial charge in [-0.3, -0.25) is 14.5 Å². The molecule has 0 bridgehead atoms. The second kappa shape index (κ2) is 6.01. The zero-order chi connectivity index (χ0) is 14.0. The average molecular weight is 267 g/mol. The molecule has 0 radical (unpaired) electrons. The van der Waals surface area contributed by atoms with Crippen molar-refractivity contribution in [3.05, 3.63) is 0 Å². The van der Waals surface area contributed by atoms with E-state index in [9.17, 15) is 9.59 Å². The first kappa shape index (κ1) is 14.5. The number of amides is 2. The van der Waals surface area contributed by atoms with Crippen LogP contribution in [0.1, 0.15) is 33.1 Å². The first-order chi connectivity index (χ1) is 8.99. The van der Waals surface area contributed by atoms with Gasteiger partial charge in [0.15, 0.2) is 0 Å². The number of rotatable bonds is 4. The molecular weight excluding hydrogens is 242 g/mol. The summed E-state index contributed by atoms with van der Waals surface area (Å²) in [5.41, 5.74) is 0. The van der Waals surface area contributed by atoms with Gasteiger partial charge in [-0.2, -0.15) is 0 Å². The average Bonchev–Trinajstić information content (AvgIpc) is 2.62. The number of nitrogens with one attached hydrogen (secondary N) is 1. The topological polar surface area (TPSA) is 52.7 Å². The van der Waals surface area contributed by atoms with E-state index in [1.54, 1.807) is 0 Å². The number of nitrogens with zero attached hydrogens (tertiary/aromatic N) is 2. The molecule has 2 heterocycles. The lowest BCUT2D eigenvalue weighted by molar-refractivity contribution is -0.140. The third-order valence-electron chi connectivity index (χ3n) is 4.07. The van der Waals surface area contributed by atoms with Crippen LogP contribution in [0.3, 0.4) is 0 Å². The van der Waals surface area contributed by atoms with Gasteiger partial charge in [0, 0.05) is 12.6 Å². The highest BCUT2D eigenvalue weighted by molar-refractivity contribution is 6.05. The molecule has 0 aliphatic carbocycles. The first-order valence-corrected chi connectivity index (χ1v) is 7.27. The third kappa shape index (κ3) is 3.34. The lowest BCUT2D eigenvalue weighted by Crippen LogP contribution is -2.45. The molecule has 0 spiro atoms. The fourth-order valence-corrected chi connectivity index (χ4v) is 3.10. The van der Waals surface area contributed by atoms with Crippen molar-refractivity contribution in [2.75, 3.05) is 26.7 Å². The minimum absolute atomic E-state index is 0.0346. The second-order valence-corrected chi connectivity index (χ2v) is 6.13. The minimum Gasteiger partial charge on any atom is -0.306 e. The van der Waals surface area contributed by atoms with Crippen molar-refractivity contribution in [2.45, 2.75) is 45.2 Å². The Morgan fingerprint density at radius 2 is 2.11 bits per heavy atom. The van der Waals surface area contributed by atoms with Crippen LogP contribution >= 0.6 is 0 Å². The van der Waals surface area contributed by atoms with E-state index in [1.165, 1.54) is 24.3 Å². The van der Waals surface area contributed by atoms with Gasteiger partial charge in [-0.15, -0.1) is 0 Å². The SMILES string of the molecule is CC(C)N1C(=O)CC(NCC2CCCN(C)C2)C1=O.